The maximum atomic E-state index is 3.49. The molecule has 2 aliphatic rings. The van der Waals surface area contributed by atoms with Gasteiger partial charge in [0.05, 0.1) is 0 Å². The van der Waals surface area contributed by atoms with Crippen LogP contribution < -0.4 is 5.32 Å². The Balaban J connectivity index is 1.68. The van der Waals surface area contributed by atoms with Gasteiger partial charge in [0.15, 0.2) is 0 Å². The first-order valence-corrected chi connectivity index (χ1v) is 7.24. The molecule has 0 aromatic rings. The van der Waals surface area contributed by atoms with Crippen LogP contribution in [-0.2, 0) is 0 Å². The minimum Gasteiger partial charge on any atom is -0.317 e. The highest BCUT2D eigenvalue weighted by Gasteiger charge is 2.29. The molecule has 1 N–H and O–H groups in total. The van der Waals surface area contributed by atoms with Crippen LogP contribution in [0.1, 0.15) is 46.0 Å². The lowest BCUT2D eigenvalue weighted by Crippen LogP contribution is -2.42. The Bertz CT molecular complexity index is 197. The quantitative estimate of drug-likeness (QED) is 0.789. The van der Waals surface area contributed by atoms with Crippen LogP contribution in [0.4, 0.5) is 0 Å². The molecule has 0 radical (unpaired) electrons. The zero-order chi connectivity index (χ0) is 11.4. The molecule has 1 saturated carbocycles. The van der Waals surface area contributed by atoms with E-state index in [1.54, 1.807) is 0 Å². The van der Waals surface area contributed by atoms with Crippen LogP contribution >= 0.6 is 0 Å². The summed E-state index contributed by atoms with van der Waals surface area (Å²) in [4.78, 5) is 2.77. The normalized spacial score (nSPS) is 33.4. The van der Waals surface area contributed by atoms with Gasteiger partial charge in [-0.15, -0.1) is 0 Å². The second kappa shape index (κ2) is 6.02. The first-order chi connectivity index (χ1) is 7.79. The molecule has 2 nitrogen and oxygen atoms in total. The number of piperidine rings is 1. The monoisotopic (exact) mass is 224 g/mol. The predicted molar refractivity (Wildman–Crippen MR) is 69.6 cm³/mol. The Morgan fingerprint density at radius 1 is 1.12 bits per heavy atom. The highest BCUT2D eigenvalue weighted by Crippen LogP contribution is 2.31. The van der Waals surface area contributed by atoms with E-state index < -0.39 is 0 Å². The molecule has 0 amide bonds. The third kappa shape index (κ3) is 3.21. The largest absolute Gasteiger partial charge is 0.317 e. The minimum absolute atomic E-state index is 0.926. The van der Waals surface area contributed by atoms with E-state index in [9.17, 15) is 0 Å². The van der Waals surface area contributed by atoms with Crippen LogP contribution in [-0.4, -0.2) is 37.1 Å². The van der Waals surface area contributed by atoms with Gasteiger partial charge < -0.3 is 10.2 Å². The maximum absolute atomic E-state index is 3.49. The fourth-order valence-electron chi connectivity index (χ4n) is 3.38. The van der Waals surface area contributed by atoms with E-state index in [2.05, 4.69) is 24.1 Å². The second-order valence-corrected chi connectivity index (χ2v) is 5.86. The van der Waals surface area contributed by atoms with Gasteiger partial charge in [-0.2, -0.15) is 0 Å². The lowest BCUT2D eigenvalue weighted by Gasteiger charge is -2.36. The molecule has 0 bridgehead atoms. The molecule has 1 aliphatic carbocycles. The van der Waals surface area contributed by atoms with Gasteiger partial charge in [0.25, 0.3) is 0 Å². The molecular formula is C14H28N2. The van der Waals surface area contributed by atoms with Gasteiger partial charge in [0.1, 0.15) is 0 Å². The van der Waals surface area contributed by atoms with Crippen molar-refractivity contribution in [3.63, 3.8) is 0 Å². The van der Waals surface area contributed by atoms with Crippen molar-refractivity contribution in [1.82, 2.24) is 10.2 Å². The van der Waals surface area contributed by atoms with E-state index in [1.165, 1.54) is 51.7 Å². The van der Waals surface area contributed by atoms with E-state index in [0.717, 1.165) is 24.4 Å². The summed E-state index contributed by atoms with van der Waals surface area (Å²) in [6, 6.07) is 0.926. The summed E-state index contributed by atoms with van der Waals surface area (Å²) in [5.41, 5.74) is 0. The van der Waals surface area contributed by atoms with Gasteiger partial charge in [-0.3, -0.25) is 0 Å². The molecule has 0 aromatic carbocycles. The molecule has 1 aliphatic heterocycles. The summed E-state index contributed by atoms with van der Waals surface area (Å²) in [6.45, 7) is 9.69. The molecule has 2 rings (SSSR count). The molecule has 2 atom stereocenters. The second-order valence-electron chi connectivity index (χ2n) is 5.86. The Kier molecular flexibility index (Phi) is 4.66. The fraction of sp³-hybridized carbons (Fsp3) is 1.00. The number of rotatable bonds is 4. The molecule has 0 aromatic heterocycles. The van der Waals surface area contributed by atoms with Gasteiger partial charge in [-0.05, 0) is 70.1 Å². The molecule has 1 saturated heterocycles. The Morgan fingerprint density at radius 2 is 1.88 bits per heavy atom. The molecular weight excluding hydrogens is 196 g/mol. The fourth-order valence-corrected chi connectivity index (χ4v) is 3.38. The molecule has 2 fully saturated rings. The molecule has 1 heterocycles. The topological polar surface area (TPSA) is 15.3 Å². The number of likely N-dealkylation sites (tertiary alicyclic amines) is 1. The van der Waals surface area contributed by atoms with Crippen molar-refractivity contribution in [1.29, 1.82) is 0 Å². The SMILES string of the molecule is CCNCC1CCN(C2CCC(C)C2)CC1. The first-order valence-electron chi connectivity index (χ1n) is 7.24. The van der Waals surface area contributed by atoms with Gasteiger partial charge in [-0.25, -0.2) is 0 Å². The lowest BCUT2D eigenvalue weighted by molar-refractivity contribution is 0.131. The summed E-state index contributed by atoms with van der Waals surface area (Å²) >= 11 is 0. The van der Waals surface area contributed by atoms with Crippen molar-refractivity contribution in [3.8, 4) is 0 Å². The third-order valence-corrected chi connectivity index (χ3v) is 4.52. The molecule has 16 heavy (non-hydrogen) atoms. The molecule has 2 unspecified atom stereocenters. The van der Waals surface area contributed by atoms with Gasteiger partial charge in [0, 0.05) is 6.04 Å². The third-order valence-electron chi connectivity index (χ3n) is 4.52. The average Bonchev–Trinajstić information content (AvgIpc) is 2.74. The lowest BCUT2D eigenvalue weighted by atomic mass is 9.95. The van der Waals surface area contributed by atoms with Crippen molar-refractivity contribution in [3.05, 3.63) is 0 Å². The zero-order valence-corrected chi connectivity index (χ0v) is 11.0. The standard InChI is InChI=1S/C14H28N2/c1-3-15-11-13-6-8-16(9-7-13)14-5-4-12(2)10-14/h12-15H,3-11H2,1-2H3. The summed E-state index contributed by atoms with van der Waals surface area (Å²) in [6.07, 6.45) is 7.20. The van der Waals surface area contributed by atoms with Crippen LogP contribution in [0.25, 0.3) is 0 Å². The van der Waals surface area contributed by atoms with Gasteiger partial charge >= 0.3 is 0 Å². The number of hydrogen-bond acceptors (Lipinski definition) is 2. The Labute approximate surface area is 101 Å². The van der Waals surface area contributed by atoms with Crippen molar-refractivity contribution in [2.24, 2.45) is 11.8 Å². The zero-order valence-electron chi connectivity index (χ0n) is 11.0. The van der Waals surface area contributed by atoms with E-state index >= 15 is 0 Å². The minimum atomic E-state index is 0.926. The average molecular weight is 224 g/mol. The van der Waals surface area contributed by atoms with Crippen LogP contribution in [0.15, 0.2) is 0 Å². The molecule has 94 valence electrons. The Morgan fingerprint density at radius 3 is 2.44 bits per heavy atom. The van der Waals surface area contributed by atoms with Gasteiger partial charge in [-0.1, -0.05) is 13.8 Å². The Hall–Kier alpha value is -0.0800. The van der Waals surface area contributed by atoms with Crippen molar-refractivity contribution in [2.75, 3.05) is 26.2 Å². The van der Waals surface area contributed by atoms with E-state index in [1.807, 2.05) is 0 Å². The smallest absolute Gasteiger partial charge is 0.00978 e. The highest BCUT2D eigenvalue weighted by atomic mass is 15.2. The summed E-state index contributed by atoms with van der Waals surface area (Å²) in [5, 5.41) is 3.49. The van der Waals surface area contributed by atoms with E-state index in [-0.39, 0.29) is 0 Å². The summed E-state index contributed by atoms with van der Waals surface area (Å²) in [7, 11) is 0. The highest BCUT2D eigenvalue weighted by molar-refractivity contribution is 4.84. The molecule has 0 spiro atoms. The van der Waals surface area contributed by atoms with E-state index in [0.29, 0.717) is 0 Å². The van der Waals surface area contributed by atoms with E-state index in [4.69, 9.17) is 0 Å². The first kappa shape index (κ1) is 12.4. The van der Waals surface area contributed by atoms with Crippen molar-refractivity contribution in [2.45, 2.75) is 52.0 Å². The number of hydrogen-bond donors (Lipinski definition) is 1. The van der Waals surface area contributed by atoms with Gasteiger partial charge in [0.2, 0.25) is 0 Å². The predicted octanol–water partition coefficient (Wildman–Crippen LogP) is 2.50. The van der Waals surface area contributed by atoms with Crippen LogP contribution in [0, 0.1) is 11.8 Å². The van der Waals surface area contributed by atoms with Crippen LogP contribution in [0.3, 0.4) is 0 Å². The van der Waals surface area contributed by atoms with Crippen molar-refractivity contribution < 1.29 is 0 Å². The van der Waals surface area contributed by atoms with Crippen LogP contribution in [0.2, 0.25) is 0 Å². The van der Waals surface area contributed by atoms with Crippen LogP contribution in [0.5, 0.6) is 0 Å². The summed E-state index contributed by atoms with van der Waals surface area (Å²) in [5.74, 6) is 1.92. The van der Waals surface area contributed by atoms with Crippen molar-refractivity contribution >= 4 is 0 Å². The number of nitrogens with zero attached hydrogens (tertiary/aromatic N) is 1. The summed E-state index contributed by atoms with van der Waals surface area (Å²) < 4.78 is 0. The molecule has 2 heteroatoms. The number of nitrogens with one attached hydrogen (secondary N) is 1. The maximum Gasteiger partial charge on any atom is 0.00978 e.